The second-order valence-electron chi connectivity index (χ2n) is 6.37. The van der Waals surface area contributed by atoms with Gasteiger partial charge in [-0.05, 0) is 47.2 Å². The Hall–Kier alpha value is -2.84. The number of aromatic amines is 1. The molecule has 5 nitrogen and oxygen atoms in total. The average molecular weight is 534 g/mol. The summed E-state index contributed by atoms with van der Waals surface area (Å²) < 4.78 is 119. The number of tetrazole rings is 1. The SMILES string of the molecule is FC(F)(F)c1cc(N(Cc2cc(C(F)(F)F)ccc2Br)c2nn[nH]n2)cc(C(F)(F)F)c1. The van der Waals surface area contributed by atoms with E-state index in [0.717, 1.165) is 17.0 Å². The molecule has 0 saturated carbocycles. The minimum atomic E-state index is -5.13. The Kier molecular flexibility index (Phi) is 6.14. The van der Waals surface area contributed by atoms with E-state index in [1.165, 1.54) is 0 Å². The zero-order chi connectivity index (χ0) is 23.9. The Morgan fingerprint density at radius 2 is 1.34 bits per heavy atom. The zero-order valence-electron chi connectivity index (χ0n) is 15.2. The molecule has 0 unspecified atom stereocenters. The summed E-state index contributed by atoms with van der Waals surface area (Å²) >= 11 is 3.04. The van der Waals surface area contributed by atoms with Crippen molar-refractivity contribution in [2.45, 2.75) is 25.1 Å². The monoisotopic (exact) mass is 533 g/mol. The highest BCUT2D eigenvalue weighted by Gasteiger charge is 2.38. The van der Waals surface area contributed by atoms with Crippen LogP contribution in [0, 0.1) is 0 Å². The molecule has 0 aliphatic carbocycles. The van der Waals surface area contributed by atoms with E-state index in [0.29, 0.717) is 18.2 Å². The maximum atomic E-state index is 13.2. The summed E-state index contributed by atoms with van der Waals surface area (Å²) in [5, 5.41) is 12.3. The highest BCUT2D eigenvalue weighted by molar-refractivity contribution is 9.10. The van der Waals surface area contributed by atoms with Gasteiger partial charge in [0.15, 0.2) is 0 Å². The molecule has 3 aromatic rings. The van der Waals surface area contributed by atoms with E-state index in [4.69, 9.17) is 0 Å². The van der Waals surface area contributed by atoms with Crippen LogP contribution in [0.15, 0.2) is 40.9 Å². The molecule has 0 bridgehead atoms. The number of hydrogen-bond acceptors (Lipinski definition) is 4. The van der Waals surface area contributed by atoms with Crippen molar-refractivity contribution in [3.05, 3.63) is 63.1 Å². The van der Waals surface area contributed by atoms with Crippen molar-refractivity contribution in [1.29, 1.82) is 0 Å². The van der Waals surface area contributed by atoms with Gasteiger partial charge >= 0.3 is 18.5 Å². The third kappa shape index (κ3) is 5.31. The van der Waals surface area contributed by atoms with Crippen LogP contribution in [0.25, 0.3) is 0 Å². The number of anilines is 2. The van der Waals surface area contributed by atoms with Crippen molar-refractivity contribution in [2.75, 3.05) is 4.90 Å². The van der Waals surface area contributed by atoms with E-state index >= 15 is 0 Å². The summed E-state index contributed by atoms with van der Waals surface area (Å²) in [6.45, 7) is -0.608. The van der Waals surface area contributed by atoms with Gasteiger partial charge in [-0.2, -0.15) is 44.7 Å². The molecule has 0 fully saturated rings. The summed E-state index contributed by atoms with van der Waals surface area (Å²) in [6, 6.07) is 3.27. The first-order chi connectivity index (χ1) is 14.7. The Morgan fingerprint density at radius 1 is 0.781 bits per heavy atom. The Bertz CT molecular complexity index is 1060. The molecule has 0 amide bonds. The Morgan fingerprint density at radius 3 is 1.81 bits per heavy atom. The second kappa shape index (κ2) is 8.26. The fourth-order valence-corrected chi connectivity index (χ4v) is 3.06. The number of halogens is 10. The summed E-state index contributed by atoms with van der Waals surface area (Å²) in [5.74, 6) is -0.457. The van der Waals surface area contributed by atoms with Crippen LogP contribution in [0.5, 0.6) is 0 Å². The average Bonchev–Trinajstić information content (AvgIpc) is 3.19. The first-order valence-corrected chi connectivity index (χ1v) is 9.11. The van der Waals surface area contributed by atoms with Crippen molar-refractivity contribution < 1.29 is 39.5 Å². The number of alkyl halides is 9. The molecule has 3 rings (SSSR count). The molecule has 0 spiro atoms. The summed E-state index contributed by atoms with van der Waals surface area (Å²) in [7, 11) is 0. The van der Waals surface area contributed by atoms with Crippen molar-refractivity contribution in [3.8, 4) is 0 Å². The molecule has 0 radical (unpaired) electrons. The van der Waals surface area contributed by atoms with Gasteiger partial charge in [0, 0.05) is 10.2 Å². The third-order valence-electron chi connectivity index (χ3n) is 4.16. The van der Waals surface area contributed by atoms with E-state index in [-0.39, 0.29) is 16.1 Å². The van der Waals surface area contributed by atoms with Crippen LogP contribution in [-0.2, 0) is 25.1 Å². The normalized spacial score (nSPS) is 12.8. The largest absolute Gasteiger partial charge is 0.416 e. The minimum Gasteiger partial charge on any atom is -0.303 e. The number of rotatable bonds is 4. The molecule has 172 valence electrons. The molecule has 0 aliphatic heterocycles. The summed E-state index contributed by atoms with van der Waals surface area (Å²) in [4.78, 5) is 0.772. The van der Waals surface area contributed by atoms with E-state index in [9.17, 15) is 39.5 Å². The molecule has 32 heavy (non-hydrogen) atoms. The fraction of sp³-hybridized carbons (Fsp3) is 0.235. The second-order valence-corrected chi connectivity index (χ2v) is 7.22. The lowest BCUT2D eigenvalue weighted by molar-refractivity contribution is -0.143. The van der Waals surface area contributed by atoms with Gasteiger partial charge in [0.25, 0.3) is 5.95 Å². The van der Waals surface area contributed by atoms with Gasteiger partial charge < -0.3 is 4.90 Å². The van der Waals surface area contributed by atoms with E-state index in [2.05, 4.69) is 31.3 Å². The molecule has 0 atom stereocenters. The molecular weight excluding hydrogens is 525 g/mol. The van der Waals surface area contributed by atoms with Gasteiger partial charge in [0.05, 0.1) is 23.2 Å². The maximum absolute atomic E-state index is 13.2. The zero-order valence-corrected chi connectivity index (χ0v) is 16.8. The summed E-state index contributed by atoms with van der Waals surface area (Å²) in [5.41, 5.74) is -5.05. The molecule has 2 aromatic carbocycles. The quantitative estimate of drug-likeness (QED) is 0.396. The van der Waals surface area contributed by atoms with Gasteiger partial charge in [0.1, 0.15) is 0 Å². The van der Waals surface area contributed by atoms with Crippen LogP contribution < -0.4 is 4.90 Å². The maximum Gasteiger partial charge on any atom is 0.416 e. The predicted molar refractivity (Wildman–Crippen MR) is 95.6 cm³/mol. The van der Waals surface area contributed by atoms with Gasteiger partial charge in [-0.15, -0.1) is 5.10 Å². The highest BCUT2D eigenvalue weighted by Crippen LogP contribution is 2.40. The lowest BCUT2D eigenvalue weighted by Gasteiger charge is -2.24. The van der Waals surface area contributed by atoms with Crippen molar-refractivity contribution >= 4 is 27.6 Å². The van der Waals surface area contributed by atoms with E-state index in [1.807, 2.05) is 5.21 Å². The number of aromatic nitrogens is 4. The Labute approximate surface area is 181 Å². The minimum absolute atomic E-state index is 0.0713. The molecule has 15 heteroatoms. The molecule has 1 aromatic heterocycles. The van der Waals surface area contributed by atoms with Crippen LogP contribution in [0.4, 0.5) is 51.1 Å². The first-order valence-electron chi connectivity index (χ1n) is 8.32. The number of benzene rings is 2. The van der Waals surface area contributed by atoms with Crippen LogP contribution in [0.1, 0.15) is 22.3 Å². The van der Waals surface area contributed by atoms with Gasteiger partial charge in [-0.1, -0.05) is 21.0 Å². The van der Waals surface area contributed by atoms with Gasteiger partial charge in [0.2, 0.25) is 0 Å². The van der Waals surface area contributed by atoms with E-state index in [1.54, 1.807) is 0 Å². The topological polar surface area (TPSA) is 57.7 Å². The molecule has 1 heterocycles. The fourth-order valence-electron chi connectivity index (χ4n) is 2.69. The van der Waals surface area contributed by atoms with Crippen molar-refractivity contribution in [3.63, 3.8) is 0 Å². The number of H-pyrrole nitrogens is 1. The van der Waals surface area contributed by atoms with Crippen molar-refractivity contribution in [2.24, 2.45) is 0 Å². The smallest absolute Gasteiger partial charge is 0.303 e. The first kappa shape index (κ1) is 23.8. The highest BCUT2D eigenvalue weighted by atomic mass is 79.9. The Balaban J connectivity index is 2.17. The standard InChI is InChI=1S/C17H9BrF9N5/c18-13-2-1-9(15(19,20)21)3-8(13)7-32(14-28-30-31-29-14)12-5-10(16(22,23)24)4-11(6-12)17(25,26)27/h1-6H,7H2,(H,28,29,30,31). The van der Waals surface area contributed by atoms with Gasteiger partial charge in [-0.25, -0.2) is 0 Å². The third-order valence-corrected chi connectivity index (χ3v) is 4.93. The number of nitrogens with zero attached hydrogens (tertiary/aromatic N) is 4. The number of nitrogens with one attached hydrogen (secondary N) is 1. The van der Waals surface area contributed by atoms with Crippen molar-refractivity contribution in [1.82, 2.24) is 20.6 Å². The molecule has 0 aliphatic rings. The number of hydrogen-bond donors (Lipinski definition) is 1. The van der Waals surface area contributed by atoms with Gasteiger partial charge in [-0.3, -0.25) is 0 Å². The lowest BCUT2D eigenvalue weighted by Crippen LogP contribution is -2.21. The van der Waals surface area contributed by atoms with Crippen LogP contribution in [0.3, 0.4) is 0 Å². The molecular formula is C17H9BrF9N5. The molecule has 0 saturated heterocycles. The van der Waals surface area contributed by atoms with E-state index < -0.39 is 53.4 Å². The van der Waals surface area contributed by atoms with Crippen LogP contribution >= 0.6 is 15.9 Å². The van der Waals surface area contributed by atoms with Crippen LogP contribution in [-0.4, -0.2) is 20.6 Å². The van der Waals surface area contributed by atoms with Crippen LogP contribution in [0.2, 0.25) is 0 Å². The lowest BCUT2D eigenvalue weighted by atomic mass is 10.1. The molecule has 1 N–H and O–H groups in total. The predicted octanol–water partition coefficient (Wildman–Crippen LogP) is 6.36. The summed E-state index contributed by atoms with van der Waals surface area (Å²) in [6.07, 6.45) is -15.0.